The Morgan fingerprint density at radius 2 is 1.58 bits per heavy atom. The van der Waals surface area contributed by atoms with Gasteiger partial charge in [-0.25, -0.2) is 0 Å². The van der Waals surface area contributed by atoms with E-state index in [4.69, 9.17) is 0 Å². The molecule has 96 valence electrons. The topological polar surface area (TPSA) is 20.3 Å². The van der Waals surface area contributed by atoms with Crippen LogP contribution in [0.4, 0.5) is 5.69 Å². The Morgan fingerprint density at radius 3 is 2.37 bits per heavy atom. The lowest BCUT2D eigenvalue weighted by Crippen LogP contribution is -2.43. The summed E-state index contributed by atoms with van der Waals surface area (Å²) in [4.78, 5) is 14.3. The number of nitrogens with zero attached hydrogens (tertiary/aromatic N) is 1. The first-order valence-corrected chi connectivity index (χ1v) is 7.11. The minimum absolute atomic E-state index is 0.428. The van der Waals surface area contributed by atoms with E-state index in [0.717, 1.165) is 12.8 Å². The molecule has 2 heterocycles. The molecule has 0 amide bonds. The van der Waals surface area contributed by atoms with Gasteiger partial charge in [-0.15, -0.1) is 0 Å². The second-order valence-electron chi connectivity index (χ2n) is 5.74. The van der Waals surface area contributed by atoms with Gasteiger partial charge in [0.15, 0.2) is 0 Å². The van der Waals surface area contributed by atoms with Crippen LogP contribution in [0.5, 0.6) is 0 Å². The van der Waals surface area contributed by atoms with Gasteiger partial charge >= 0.3 is 0 Å². The molecule has 0 radical (unpaired) electrons. The number of ketones is 1. The highest BCUT2D eigenvalue weighted by atomic mass is 16.1. The first-order chi connectivity index (χ1) is 9.33. The van der Waals surface area contributed by atoms with Crippen LogP contribution in [0.1, 0.15) is 25.7 Å². The van der Waals surface area contributed by atoms with Crippen molar-refractivity contribution in [2.45, 2.75) is 37.8 Å². The van der Waals surface area contributed by atoms with Crippen molar-refractivity contribution in [3.63, 3.8) is 0 Å². The zero-order chi connectivity index (χ0) is 12.8. The molecule has 0 aliphatic carbocycles. The molecule has 2 nitrogen and oxygen atoms in total. The number of benzene rings is 2. The van der Waals surface area contributed by atoms with Crippen LogP contribution in [-0.2, 0) is 4.79 Å². The summed E-state index contributed by atoms with van der Waals surface area (Å²) in [6.45, 7) is 0. The second-order valence-corrected chi connectivity index (χ2v) is 5.74. The third-order valence-corrected chi connectivity index (χ3v) is 4.59. The second kappa shape index (κ2) is 4.09. The Bertz CT molecular complexity index is 627. The van der Waals surface area contributed by atoms with E-state index in [1.54, 1.807) is 0 Å². The van der Waals surface area contributed by atoms with Crippen LogP contribution < -0.4 is 4.90 Å². The van der Waals surface area contributed by atoms with Crippen LogP contribution in [-0.4, -0.2) is 17.9 Å². The maximum atomic E-state index is 11.7. The van der Waals surface area contributed by atoms with Crippen molar-refractivity contribution < 1.29 is 4.79 Å². The number of hydrogen-bond donors (Lipinski definition) is 0. The first-order valence-electron chi connectivity index (χ1n) is 7.11. The average molecular weight is 251 g/mol. The van der Waals surface area contributed by atoms with Gasteiger partial charge in [-0.3, -0.25) is 4.79 Å². The van der Waals surface area contributed by atoms with E-state index < -0.39 is 0 Å². The fourth-order valence-corrected chi connectivity index (χ4v) is 3.80. The summed E-state index contributed by atoms with van der Waals surface area (Å²) in [7, 11) is 0. The summed E-state index contributed by atoms with van der Waals surface area (Å²) < 4.78 is 0. The summed E-state index contributed by atoms with van der Waals surface area (Å²) >= 11 is 0. The van der Waals surface area contributed by atoms with Crippen LogP contribution in [0.2, 0.25) is 0 Å². The van der Waals surface area contributed by atoms with E-state index in [9.17, 15) is 4.79 Å². The SMILES string of the molecule is O=C1CC2CCC(C1)N2c1cccc2ccccc12. The highest BCUT2D eigenvalue weighted by molar-refractivity contribution is 5.95. The molecule has 2 unspecified atom stereocenters. The monoisotopic (exact) mass is 251 g/mol. The fraction of sp³-hybridized carbons (Fsp3) is 0.353. The predicted molar refractivity (Wildman–Crippen MR) is 77.5 cm³/mol. The highest BCUT2D eigenvalue weighted by Gasteiger charge is 2.40. The minimum atomic E-state index is 0.428. The van der Waals surface area contributed by atoms with E-state index in [1.807, 2.05) is 0 Å². The summed E-state index contributed by atoms with van der Waals surface area (Å²) in [5.74, 6) is 0.448. The van der Waals surface area contributed by atoms with Gasteiger partial charge in [0.05, 0.1) is 0 Å². The Hall–Kier alpha value is -1.83. The normalized spacial score (nSPS) is 26.1. The Kier molecular flexibility index (Phi) is 2.37. The van der Waals surface area contributed by atoms with Crippen LogP contribution in [0.3, 0.4) is 0 Å². The summed E-state index contributed by atoms with van der Waals surface area (Å²) in [5.41, 5.74) is 1.32. The molecule has 0 N–H and O–H groups in total. The molecule has 19 heavy (non-hydrogen) atoms. The third kappa shape index (κ3) is 1.66. The van der Waals surface area contributed by atoms with E-state index in [0.29, 0.717) is 17.9 Å². The molecule has 0 saturated carbocycles. The number of hydrogen-bond acceptors (Lipinski definition) is 2. The lowest BCUT2D eigenvalue weighted by Gasteiger charge is -2.36. The molecule has 2 aliphatic rings. The number of carbonyl (C=O) groups excluding carboxylic acids is 1. The molecule has 0 spiro atoms. The zero-order valence-corrected chi connectivity index (χ0v) is 10.9. The zero-order valence-electron chi connectivity index (χ0n) is 10.9. The summed E-state index contributed by atoms with van der Waals surface area (Å²) in [5, 5.41) is 2.60. The molecule has 2 aliphatic heterocycles. The van der Waals surface area contributed by atoms with E-state index in [1.165, 1.54) is 29.3 Å². The standard InChI is InChI=1S/C17H17NO/c19-15-10-13-8-9-14(11-15)18(13)17-7-3-5-12-4-1-2-6-16(12)17/h1-7,13-14H,8-11H2. The third-order valence-electron chi connectivity index (χ3n) is 4.59. The highest BCUT2D eigenvalue weighted by Crippen LogP contribution is 2.40. The van der Waals surface area contributed by atoms with Gasteiger partial charge in [-0.05, 0) is 24.3 Å². The molecule has 4 rings (SSSR count). The van der Waals surface area contributed by atoms with Gasteiger partial charge in [-0.2, -0.15) is 0 Å². The van der Waals surface area contributed by atoms with E-state index >= 15 is 0 Å². The molecule has 2 bridgehead atoms. The Morgan fingerprint density at radius 1 is 0.895 bits per heavy atom. The summed E-state index contributed by atoms with van der Waals surface area (Å²) in [6, 6.07) is 15.9. The van der Waals surface area contributed by atoms with Crippen molar-refractivity contribution >= 4 is 22.2 Å². The van der Waals surface area contributed by atoms with Crippen molar-refractivity contribution in [2.24, 2.45) is 0 Å². The van der Waals surface area contributed by atoms with Crippen LogP contribution in [0.15, 0.2) is 42.5 Å². The van der Waals surface area contributed by atoms with Crippen molar-refractivity contribution in [3.8, 4) is 0 Å². The van der Waals surface area contributed by atoms with E-state index in [2.05, 4.69) is 47.4 Å². The molecule has 2 atom stereocenters. The van der Waals surface area contributed by atoms with Gasteiger partial charge in [0, 0.05) is 36.0 Å². The maximum absolute atomic E-state index is 11.7. The average Bonchev–Trinajstić information content (AvgIpc) is 2.70. The number of piperidine rings is 1. The fourth-order valence-electron chi connectivity index (χ4n) is 3.80. The van der Waals surface area contributed by atoms with Gasteiger partial charge in [-0.1, -0.05) is 36.4 Å². The minimum Gasteiger partial charge on any atom is -0.364 e. The number of Topliss-reactive ketones (excluding diaryl/α,β-unsaturated/α-hetero) is 1. The Labute approximate surface area is 113 Å². The smallest absolute Gasteiger partial charge is 0.137 e. The molecule has 2 aromatic rings. The number of carbonyl (C=O) groups is 1. The molecule has 0 aromatic heterocycles. The number of fused-ring (bicyclic) bond motifs is 3. The number of rotatable bonds is 1. The largest absolute Gasteiger partial charge is 0.364 e. The molecule has 2 heteroatoms. The molecular formula is C17H17NO. The molecule has 2 aromatic carbocycles. The van der Waals surface area contributed by atoms with Crippen molar-refractivity contribution in [2.75, 3.05) is 4.90 Å². The summed E-state index contributed by atoms with van der Waals surface area (Å²) in [6.07, 6.45) is 3.80. The Balaban J connectivity index is 1.85. The molecule has 2 saturated heterocycles. The lowest BCUT2D eigenvalue weighted by atomic mass is 9.98. The van der Waals surface area contributed by atoms with Gasteiger partial charge < -0.3 is 4.90 Å². The first kappa shape index (κ1) is 11.0. The van der Waals surface area contributed by atoms with Gasteiger partial charge in [0.1, 0.15) is 5.78 Å². The van der Waals surface area contributed by atoms with Gasteiger partial charge in [0.25, 0.3) is 0 Å². The molecule has 2 fully saturated rings. The van der Waals surface area contributed by atoms with Crippen molar-refractivity contribution in [1.29, 1.82) is 0 Å². The van der Waals surface area contributed by atoms with Crippen LogP contribution in [0, 0.1) is 0 Å². The molecular weight excluding hydrogens is 234 g/mol. The maximum Gasteiger partial charge on any atom is 0.137 e. The predicted octanol–water partition coefficient (Wildman–Crippen LogP) is 3.54. The quantitative estimate of drug-likeness (QED) is 0.772. The van der Waals surface area contributed by atoms with Gasteiger partial charge in [0.2, 0.25) is 0 Å². The van der Waals surface area contributed by atoms with Crippen LogP contribution in [0.25, 0.3) is 10.8 Å². The van der Waals surface area contributed by atoms with Crippen LogP contribution >= 0.6 is 0 Å². The number of anilines is 1. The van der Waals surface area contributed by atoms with Crippen molar-refractivity contribution in [3.05, 3.63) is 42.5 Å². The lowest BCUT2D eigenvalue weighted by molar-refractivity contribution is -0.120. The van der Waals surface area contributed by atoms with E-state index in [-0.39, 0.29) is 0 Å². The van der Waals surface area contributed by atoms with Crippen molar-refractivity contribution in [1.82, 2.24) is 0 Å².